The number of allylic oxidation sites excluding steroid dienone is 1. The molecule has 1 aliphatic rings. The van der Waals surface area contributed by atoms with Crippen molar-refractivity contribution in [3.63, 3.8) is 0 Å². The van der Waals surface area contributed by atoms with E-state index >= 15 is 0 Å². The number of aliphatic imine (C=N–C) groups is 1. The van der Waals surface area contributed by atoms with Gasteiger partial charge in [0.2, 0.25) is 5.90 Å². The van der Waals surface area contributed by atoms with Crippen LogP contribution < -0.4 is 5.32 Å². The average molecular weight is 284 g/mol. The fourth-order valence-corrected chi connectivity index (χ4v) is 1.83. The molecule has 0 spiro atoms. The lowest BCUT2D eigenvalue weighted by Gasteiger charge is -2.20. The molecule has 0 radical (unpaired) electrons. The van der Waals surface area contributed by atoms with Crippen LogP contribution in [0.15, 0.2) is 47.1 Å². The molecule has 1 unspecified atom stereocenters. The normalized spacial score (nSPS) is 17.4. The minimum atomic E-state index is -4.47. The van der Waals surface area contributed by atoms with Gasteiger partial charge in [-0.25, -0.2) is 4.99 Å². The number of nitrogens with zero attached hydrogens (tertiary/aromatic N) is 1. The molecule has 3 nitrogen and oxygen atoms in total. The monoisotopic (exact) mass is 284 g/mol. The van der Waals surface area contributed by atoms with Gasteiger partial charge in [0.25, 0.3) is 0 Å². The van der Waals surface area contributed by atoms with Crippen molar-refractivity contribution in [3.05, 3.63) is 47.7 Å². The summed E-state index contributed by atoms with van der Waals surface area (Å²) in [6.45, 7) is 2.39. The predicted molar refractivity (Wildman–Crippen MR) is 70.4 cm³/mol. The van der Waals surface area contributed by atoms with Crippen LogP contribution in [-0.2, 0) is 4.74 Å². The number of hydrogen-bond donors (Lipinski definition) is 1. The van der Waals surface area contributed by atoms with E-state index in [1.54, 1.807) is 31.2 Å². The van der Waals surface area contributed by atoms with Gasteiger partial charge >= 0.3 is 6.18 Å². The first kappa shape index (κ1) is 14.4. The van der Waals surface area contributed by atoms with E-state index in [4.69, 9.17) is 4.74 Å². The molecular weight excluding hydrogens is 269 g/mol. The van der Waals surface area contributed by atoms with Crippen LogP contribution in [0.5, 0.6) is 0 Å². The van der Waals surface area contributed by atoms with Crippen LogP contribution in [0.3, 0.4) is 0 Å². The van der Waals surface area contributed by atoms with E-state index in [1.165, 1.54) is 0 Å². The molecule has 108 valence electrons. The maximum absolute atomic E-state index is 13.0. The number of rotatable bonds is 4. The molecule has 6 heteroatoms. The Kier molecular flexibility index (Phi) is 4.32. The van der Waals surface area contributed by atoms with Crippen molar-refractivity contribution in [1.29, 1.82) is 0 Å². The number of alkyl halides is 3. The zero-order valence-electron chi connectivity index (χ0n) is 10.9. The second-order valence-corrected chi connectivity index (χ2v) is 4.40. The summed E-state index contributed by atoms with van der Waals surface area (Å²) in [5, 5.41) is 2.48. The molecule has 0 saturated carbocycles. The van der Waals surface area contributed by atoms with Crippen molar-refractivity contribution >= 4 is 5.90 Å². The minimum Gasteiger partial charge on any atom is -0.476 e. The van der Waals surface area contributed by atoms with Crippen LogP contribution in [0.25, 0.3) is 0 Å². The molecule has 2 rings (SSSR count). The Bertz CT molecular complexity index is 509. The van der Waals surface area contributed by atoms with Gasteiger partial charge in [-0.15, -0.1) is 0 Å². The molecule has 0 saturated heterocycles. The molecular formula is C14H15F3N2O. The average Bonchev–Trinajstić information content (AvgIpc) is 2.91. The van der Waals surface area contributed by atoms with Gasteiger partial charge in [-0.2, -0.15) is 13.2 Å². The quantitative estimate of drug-likeness (QED) is 0.921. The molecule has 0 amide bonds. The number of nitrogens with one attached hydrogen (secondary N) is 1. The third-order valence-electron chi connectivity index (χ3n) is 2.85. The molecule has 0 aromatic heterocycles. The summed E-state index contributed by atoms with van der Waals surface area (Å²) >= 11 is 0. The first-order valence-electron chi connectivity index (χ1n) is 6.24. The summed E-state index contributed by atoms with van der Waals surface area (Å²) in [5.41, 5.74) is -0.0774. The van der Waals surface area contributed by atoms with Gasteiger partial charge in [-0.3, -0.25) is 0 Å². The highest BCUT2D eigenvalue weighted by Gasteiger charge is 2.35. The third-order valence-corrected chi connectivity index (χ3v) is 2.85. The Morgan fingerprint density at radius 2 is 2.05 bits per heavy atom. The van der Waals surface area contributed by atoms with Crippen LogP contribution in [0.4, 0.5) is 13.2 Å². The van der Waals surface area contributed by atoms with Gasteiger partial charge in [-0.05, 0) is 12.5 Å². The Balaban J connectivity index is 2.16. The fraction of sp³-hybridized carbons (Fsp3) is 0.357. The molecule has 1 aromatic carbocycles. The highest BCUT2D eigenvalue weighted by atomic mass is 19.4. The number of hydrogen-bond acceptors (Lipinski definition) is 3. The Hall–Kier alpha value is -1.98. The minimum absolute atomic E-state index is 0.0186. The van der Waals surface area contributed by atoms with Crippen molar-refractivity contribution < 1.29 is 17.9 Å². The van der Waals surface area contributed by atoms with E-state index in [0.29, 0.717) is 13.2 Å². The Labute approximate surface area is 115 Å². The Morgan fingerprint density at radius 3 is 2.60 bits per heavy atom. The lowest BCUT2D eigenvalue weighted by Crippen LogP contribution is -2.29. The molecule has 0 aliphatic carbocycles. The number of ether oxygens (including phenoxy) is 1. The smallest absolute Gasteiger partial charge is 0.431 e. The lowest BCUT2D eigenvalue weighted by molar-refractivity contribution is -0.0976. The summed E-state index contributed by atoms with van der Waals surface area (Å²) in [5.74, 6) is 0.0186. The van der Waals surface area contributed by atoms with Crippen molar-refractivity contribution in [2.45, 2.75) is 19.1 Å². The van der Waals surface area contributed by atoms with Crippen molar-refractivity contribution in [1.82, 2.24) is 5.32 Å². The van der Waals surface area contributed by atoms with Crippen LogP contribution in [0.1, 0.15) is 18.5 Å². The summed E-state index contributed by atoms with van der Waals surface area (Å²) in [7, 11) is 0. The summed E-state index contributed by atoms with van der Waals surface area (Å²) < 4.78 is 44.0. The van der Waals surface area contributed by atoms with Gasteiger partial charge in [0.05, 0.1) is 6.54 Å². The maximum atomic E-state index is 13.0. The zero-order valence-corrected chi connectivity index (χ0v) is 10.9. The number of halogens is 3. The summed E-state index contributed by atoms with van der Waals surface area (Å²) in [4.78, 5) is 3.85. The highest BCUT2D eigenvalue weighted by molar-refractivity contribution is 5.89. The second-order valence-electron chi connectivity index (χ2n) is 4.40. The molecule has 1 atom stereocenters. The third kappa shape index (κ3) is 3.76. The molecule has 1 aromatic rings. The lowest BCUT2D eigenvalue weighted by atomic mass is 10.1. The van der Waals surface area contributed by atoms with Crippen molar-refractivity contribution in [3.8, 4) is 0 Å². The molecule has 1 heterocycles. The van der Waals surface area contributed by atoms with Gasteiger partial charge in [0, 0.05) is 12.1 Å². The van der Waals surface area contributed by atoms with E-state index in [0.717, 1.165) is 11.6 Å². The van der Waals surface area contributed by atoms with Gasteiger partial charge in [-0.1, -0.05) is 30.3 Å². The molecule has 0 bridgehead atoms. The van der Waals surface area contributed by atoms with Gasteiger partial charge in [0.15, 0.2) is 0 Å². The molecule has 1 aliphatic heterocycles. The summed E-state index contributed by atoms with van der Waals surface area (Å²) in [6, 6.07) is 8.47. The number of benzene rings is 1. The van der Waals surface area contributed by atoms with Gasteiger partial charge in [0.1, 0.15) is 12.3 Å². The highest BCUT2D eigenvalue weighted by Crippen LogP contribution is 2.26. The standard InChI is InChI=1S/C14H15F3N2O/c1-10(11-5-3-2-4-6-11)19-12(14(15,16)17)9-13-18-7-8-20-13/h2-6,9-10,19H,7-8H2,1H3/b12-9-. The Morgan fingerprint density at radius 1 is 1.35 bits per heavy atom. The SMILES string of the molecule is CC(N/C(=C\C1=NCCO1)C(F)(F)F)c1ccccc1. The molecule has 20 heavy (non-hydrogen) atoms. The maximum Gasteiger partial charge on any atom is 0.431 e. The van der Waals surface area contributed by atoms with Crippen LogP contribution in [-0.4, -0.2) is 25.2 Å². The zero-order chi connectivity index (χ0) is 14.6. The van der Waals surface area contributed by atoms with Gasteiger partial charge < -0.3 is 10.1 Å². The first-order valence-corrected chi connectivity index (χ1v) is 6.24. The second kappa shape index (κ2) is 5.98. The van der Waals surface area contributed by atoms with Crippen molar-refractivity contribution in [2.75, 3.05) is 13.2 Å². The predicted octanol–water partition coefficient (Wildman–Crippen LogP) is 3.21. The van der Waals surface area contributed by atoms with Crippen LogP contribution in [0.2, 0.25) is 0 Å². The van der Waals surface area contributed by atoms with Crippen molar-refractivity contribution in [2.24, 2.45) is 4.99 Å². The van der Waals surface area contributed by atoms with E-state index < -0.39 is 17.9 Å². The van der Waals surface area contributed by atoms with E-state index in [9.17, 15) is 13.2 Å². The fourth-order valence-electron chi connectivity index (χ4n) is 1.83. The van der Waals surface area contributed by atoms with Crippen LogP contribution >= 0.6 is 0 Å². The first-order chi connectivity index (χ1) is 9.47. The molecule has 1 N–H and O–H groups in total. The van der Waals surface area contributed by atoms with E-state index in [2.05, 4.69) is 10.3 Å². The summed E-state index contributed by atoms with van der Waals surface area (Å²) in [6.07, 6.45) is -3.57. The van der Waals surface area contributed by atoms with E-state index in [1.807, 2.05) is 6.07 Å². The topological polar surface area (TPSA) is 33.6 Å². The van der Waals surface area contributed by atoms with Crippen LogP contribution in [0, 0.1) is 0 Å². The largest absolute Gasteiger partial charge is 0.476 e. The molecule has 0 fully saturated rings. The van der Waals surface area contributed by atoms with E-state index in [-0.39, 0.29) is 5.90 Å².